The summed E-state index contributed by atoms with van der Waals surface area (Å²) >= 11 is 2.07. The Labute approximate surface area is 73.1 Å². The van der Waals surface area contributed by atoms with Crippen molar-refractivity contribution in [2.24, 2.45) is 17.1 Å². The van der Waals surface area contributed by atoms with Crippen LogP contribution in [0.1, 0.15) is 26.7 Å². The third-order valence-electron chi connectivity index (χ3n) is 3.53. The topological polar surface area (TPSA) is 26.0 Å². The lowest BCUT2D eigenvalue weighted by molar-refractivity contribution is 0.367. The summed E-state index contributed by atoms with van der Waals surface area (Å²) in [6, 6.07) is 0. The van der Waals surface area contributed by atoms with Gasteiger partial charge in [-0.05, 0) is 35.7 Å². The highest BCUT2D eigenvalue weighted by molar-refractivity contribution is 7.99. The van der Waals surface area contributed by atoms with Crippen LogP contribution in [0, 0.1) is 11.3 Å². The molecule has 0 aromatic rings. The largest absolute Gasteiger partial charge is 0.324 e. The fourth-order valence-corrected chi connectivity index (χ4v) is 3.69. The second-order valence-electron chi connectivity index (χ2n) is 4.66. The molecular weight excluding hydrogens is 154 g/mol. The van der Waals surface area contributed by atoms with Crippen molar-refractivity contribution in [3.8, 4) is 0 Å². The van der Waals surface area contributed by atoms with E-state index >= 15 is 0 Å². The van der Waals surface area contributed by atoms with Crippen LogP contribution < -0.4 is 5.73 Å². The summed E-state index contributed by atoms with van der Waals surface area (Å²) in [5, 5.41) is 0. The monoisotopic (exact) mass is 171 g/mol. The third kappa shape index (κ3) is 1.03. The Morgan fingerprint density at radius 3 is 2.45 bits per heavy atom. The van der Waals surface area contributed by atoms with E-state index in [0.717, 1.165) is 5.92 Å². The highest BCUT2D eigenvalue weighted by Gasteiger charge is 2.62. The van der Waals surface area contributed by atoms with Crippen molar-refractivity contribution in [1.82, 2.24) is 0 Å². The Balaban J connectivity index is 2.06. The van der Waals surface area contributed by atoms with E-state index in [-0.39, 0.29) is 5.54 Å². The summed E-state index contributed by atoms with van der Waals surface area (Å²) < 4.78 is 0. The first kappa shape index (κ1) is 7.93. The Morgan fingerprint density at radius 1 is 1.45 bits per heavy atom. The zero-order chi connectivity index (χ0) is 8.11. The van der Waals surface area contributed by atoms with Crippen LogP contribution in [0.3, 0.4) is 0 Å². The summed E-state index contributed by atoms with van der Waals surface area (Å²) in [5.74, 6) is 3.45. The van der Waals surface area contributed by atoms with Crippen LogP contribution >= 0.6 is 11.8 Å². The Bertz CT molecular complexity index is 172. The maximum atomic E-state index is 6.32. The van der Waals surface area contributed by atoms with Gasteiger partial charge in [-0.25, -0.2) is 0 Å². The first-order chi connectivity index (χ1) is 5.06. The van der Waals surface area contributed by atoms with E-state index in [1.54, 1.807) is 0 Å². The maximum absolute atomic E-state index is 6.32. The van der Waals surface area contributed by atoms with E-state index in [2.05, 4.69) is 25.6 Å². The van der Waals surface area contributed by atoms with Crippen LogP contribution in [0.25, 0.3) is 0 Å². The smallest absolute Gasteiger partial charge is 0.0249 e. The van der Waals surface area contributed by atoms with E-state index in [1.165, 1.54) is 24.3 Å². The predicted octanol–water partition coefficient (Wildman–Crippen LogP) is 1.87. The molecule has 2 rings (SSSR count). The van der Waals surface area contributed by atoms with Gasteiger partial charge in [0.1, 0.15) is 0 Å². The average Bonchev–Trinajstić information content (AvgIpc) is 2.36. The quantitative estimate of drug-likeness (QED) is 0.652. The summed E-state index contributed by atoms with van der Waals surface area (Å²) in [7, 11) is 0. The van der Waals surface area contributed by atoms with Crippen LogP contribution in [-0.4, -0.2) is 17.0 Å². The van der Waals surface area contributed by atoms with Crippen molar-refractivity contribution >= 4 is 11.8 Å². The number of hydrogen-bond donors (Lipinski definition) is 1. The molecule has 1 nitrogen and oxygen atoms in total. The van der Waals surface area contributed by atoms with Gasteiger partial charge in [-0.3, -0.25) is 0 Å². The van der Waals surface area contributed by atoms with Crippen molar-refractivity contribution in [3.63, 3.8) is 0 Å². The molecule has 0 bridgehead atoms. The normalized spacial score (nSPS) is 47.7. The number of rotatable bonds is 1. The second-order valence-corrected chi connectivity index (χ2v) is 5.81. The van der Waals surface area contributed by atoms with Crippen molar-refractivity contribution in [1.29, 1.82) is 0 Å². The third-order valence-corrected chi connectivity index (χ3v) is 4.69. The lowest BCUT2D eigenvalue weighted by Crippen LogP contribution is -2.37. The van der Waals surface area contributed by atoms with Crippen molar-refractivity contribution in [2.75, 3.05) is 11.5 Å². The van der Waals surface area contributed by atoms with Gasteiger partial charge in [-0.1, -0.05) is 13.8 Å². The summed E-state index contributed by atoms with van der Waals surface area (Å²) in [4.78, 5) is 0. The molecule has 1 saturated carbocycles. The van der Waals surface area contributed by atoms with Gasteiger partial charge in [0.05, 0.1) is 0 Å². The molecule has 2 aliphatic rings. The fourth-order valence-electron chi connectivity index (χ4n) is 2.32. The molecule has 0 aromatic carbocycles. The van der Waals surface area contributed by atoms with Crippen LogP contribution in [0.15, 0.2) is 0 Å². The molecule has 0 aromatic heterocycles. The Morgan fingerprint density at radius 2 is 2.09 bits per heavy atom. The fraction of sp³-hybridized carbons (Fsp3) is 1.00. The minimum atomic E-state index is 0.205. The van der Waals surface area contributed by atoms with Crippen LogP contribution in [-0.2, 0) is 0 Å². The van der Waals surface area contributed by atoms with Gasteiger partial charge in [-0.2, -0.15) is 11.8 Å². The van der Waals surface area contributed by atoms with E-state index in [4.69, 9.17) is 5.73 Å². The molecule has 1 heterocycles. The molecule has 1 aliphatic heterocycles. The van der Waals surface area contributed by atoms with Crippen molar-refractivity contribution in [2.45, 2.75) is 32.2 Å². The van der Waals surface area contributed by atoms with Crippen LogP contribution in [0.5, 0.6) is 0 Å². The first-order valence-corrected chi connectivity index (χ1v) is 5.58. The minimum Gasteiger partial charge on any atom is -0.324 e. The lowest BCUT2D eigenvalue weighted by atomic mass is 9.91. The molecule has 1 saturated heterocycles. The highest BCUT2D eigenvalue weighted by atomic mass is 32.2. The van der Waals surface area contributed by atoms with E-state index in [1.807, 2.05) is 0 Å². The SMILES string of the molecule is CC1(C)CC1(N)C1CCSC1. The molecule has 64 valence electrons. The van der Waals surface area contributed by atoms with Crippen LogP contribution in [0.4, 0.5) is 0 Å². The molecule has 0 radical (unpaired) electrons. The standard InChI is InChI=1S/C9H17NS/c1-8(2)6-9(8,10)7-3-4-11-5-7/h7H,3-6,10H2,1-2H3. The van der Waals surface area contributed by atoms with Gasteiger partial charge < -0.3 is 5.73 Å². The second kappa shape index (κ2) is 2.17. The summed E-state index contributed by atoms with van der Waals surface area (Å²) in [5.41, 5.74) is 6.95. The zero-order valence-corrected chi connectivity index (χ0v) is 8.21. The number of nitrogens with two attached hydrogens (primary N) is 1. The number of thioether (sulfide) groups is 1. The molecule has 0 amide bonds. The van der Waals surface area contributed by atoms with E-state index in [9.17, 15) is 0 Å². The van der Waals surface area contributed by atoms with Gasteiger partial charge in [0.15, 0.2) is 0 Å². The van der Waals surface area contributed by atoms with Gasteiger partial charge in [-0.15, -0.1) is 0 Å². The lowest BCUT2D eigenvalue weighted by Gasteiger charge is -2.21. The molecular formula is C9H17NS. The molecule has 2 atom stereocenters. The van der Waals surface area contributed by atoms with Gasteiger partial charge in [0, 0.05) is 5.54 Å². The van der Waals surface area contributed by atoms with Gasteiger partial charge in [0.2, 0.25) is 0 Å². The van der Waals surface area contributed by atoms with E-state index < -0.39 is 0 Å². The molecule has 2 N–H and O–H groups in total. The minimum absolute atomic E-state index is 0.205. The summed E-state index contributed by atoms with van der Waals surface area (Å²) in [6.45, 7) is 4.60. The maximum Gasteiger partial charge on any atom is 0.0249 e. The first-order valence-electron chi connectivity index (χ1n) is 4.43. The summed E-state index contributed by atoms with van der Waals surface area (Å²) in [6.07, 6.45) is 2.59. The molecule has 2 unspecified atom stereocenters. The molecule has 0 spiro atoms. The van der Waals surface area contributed by atoms with E-state index in [0.29, 0.717) is 5.41 Å². The molecule has 2 heteroatoms. The number of hydrogen-bond acceptors (Lipinski definition) is 2. The van der Waals surface area contributed by atoms with Crippen LogP contribution in [0.2, 0.25) is 0 Å². The van der Waals surface area contributed by atoms with Gasteiger partial charge in [0.25, 0.3) is 0 Å². The van der Waals surface area contributed by atoms with Gasteiger partial charge >= 0.3 is 0 Å². The van der Waals surface area contributed by atoms with Crippen molar-refractivity contribution < 1.29 is 0 Å². The molecule has 11 heavy (non-hydrogen) atoms. The van der Waals surface area contributed by atoms with Crippen molar-refractivity contribution in [3.05, 3.63) is 0 Å². The molecule has 1 aliphatic carbocycles. The Kier molecular flexibility index (Phi) is 1.56. The average molecular weight is 171 g/mol. The Hall–Kier alpha value is 0.310. The highest BCUT2D eigenvalue weighted by Crippen LogP contribution is 2.60. The predicted molar refractivity (Wildman–Crippen MR) is 50.7 cm³/mol. The molecule has 2 fully saturated rings. The zero-order valence-electron chi connectivity index (χ0n) is 7.39.